The van der Waals surface area contributed by atoms with Crippen LogP contribution < -0.4 is 5.32 Å². The summed E-state index contributed by atoms with van der Waals surface area (Å²) < 4.78 is 1.51. The molecule has 1 heterocycles. The molecule has 1 saturated carbocycles. The summed E-state index contributed by atoms with van der Waals surface area (Å²) in [5.74, 6) is 1.59. The maximum Gasteiger partial charge on any atom is 0.0377 e. The van der Waals surface area contributed by atoms with Crippen molar-refractivity contribution in [1.29, 1.82) is 0 Å². The van der Waals surface area contributed by atoms with Crippen molar-refractivity contribution in [3.8, 4) is 0 Å². The number of rotatable bonds is 3. The van der Waals surface area contributed by atoms with Gasteiger partial charge in [0.15, 0.2) is 0 Å². The lowest BCUT2D eigenvalue weighted by molar-refractivity contribution is 0.464. The van der Waals surface area contributed by atoms with E-state index in [1.165, 1.54) is 29.3 Å². The van der Waals surface area contributed by atoms with E-state index in [0.29, 0.717) is 0 Å². The molecule has 0 aliphatic heterocycles. The zero-order chi connectivity index (χ0) is 11.7. The maximum atomic E-state index is 3.35. The van der Waals surface area contributed by atoms with Crippen LogP contribution in [0.25, 0.3) is 10.1 Å². The highest BCUT2D eigenvalue weighted by Gasteiger charge is 2.29. The summed E-state index contributed by atoms with van der Waals surface area (Å²) in [7, 11) is 2.07. The summed E-state index contributed by atoms with van der Waals surface area (Å²) in [6.07, 6.45) is 4.13. The molecule has 1 aliphatic carbocycles. The smallest absolute Gasteiger partial charge is 0.0377 e. The fraction of sp³-hybridized carbons (Fsp3) is 0.467. The van der Waals surface area contributed by atoms with Crippen LogP contribution >= 0.6 is 11.3 Å². The molecule has 1 aliphatic rings. The quantitative estimate of drug-likeness (QED) is 0.861. The molecule has 3 rings (SSSR count). The average molecular weight is 245 g/mol. The molecule has 2 unspecified atom stereocenters. The highest BCUT2D eigenvalue weighted by Crippen LogP contribution is 2.42. The van der Waals surface area contributed by atoms with Gasteiger partial charge in [0.1, 0.15) is 0 Å². The number of hydrogen-bond acceptors (Lipinski definition) is 2. The van der Waals surface area contributed by atoms with Crippen molar-refractivity contribution >= 4 is 21.4 Å². The van der Waals surface area contributed by atoms with Crippen molar-refractivity contribution in [3.63, 3.8) is 0 Å². The molecule has 2 heteroatoms. The molecule has 17 heavy (non-hydrogen) atoms. The Labute approximate surface area is 107 Å². The van der Waals surface area contributed by atoms with Crippen LogP contribution in [0.4, 0.5) is 0 Å². The van der Waals surface area contributed by atoms with Crippen molar-refractivity contribution in [2.45, 2.75) is 25.2 Å². The van der Waals surface area contributed by atoms with Gasteiger partial charge in [0.25, 0.3) is 0 Å². The van der Waals surface area contributed by atoms with Crippen LogP contribution in [0.3, 0.4) is 0 Å². The van der Waals surface area contributed by atoms with Gasteiger partial charge in [0.2, 0.25) is 0 Å². The highest BCUT2D eigenvalue weighted by atomic mass is 32.1. The third kappa shape index (κ3) is 2.00. The van der Waals surface area contributed by atoms with Crippen LogP contribution in [-0.2, 0) is 0 Å². The monoisotopic (exact) mass is 245 g/mol. The first-order chi connectivity index (χ1) is 8.40. The standard InChI is InChI=1S/C15H19NS/c1-16-10-12-5-3-6-13(12)14-7-2-4-11-8-9-17-15(11)14/h2,4,7-9,12-13,16H,3,5-6,10H2,1H3. The first-order valence-electron chi connectivity index (χ1n) is 6.51. The van der Waals surface area contributed by atoms with E-state index in [0.717, 1.165) is 18.4 Å². The van der Waals surface area contributed by atoms with Crippen LogP contribution in [-0.4, -0.2) is 13.6 Å². The van der Waals surface area contributed by atoms with Gasteiger partial charge in [-0.1, -0.05) is 24.6 Å². The molecule has 1 nitrogen and oxygen atoms in total. The Balaban J connectivity index is 1.99. The van der Waals surface area contributed by atoms with Crippen LogP contribution in [0, 0.1) is 5.92 Å². The summed E-state index contributed by atoms with van der Waals surface area (Å²) in [6, 6.07) is 9.04. The van der Waals surface area contributed by atoms with E-state index < -0.39 is 0 Å². The predicted octanol–water partition coefficient (Wildman–Crippen LogP) is 4.00. The third-order valence-corrected chi connectivity index (χ3v) is 5.01. The lowest BCUT2D eigenvalue weighted by Gasteiger charge is -2.20. The Morgan fingerprint density at radius 2 is 2.24 bits per heavy atom. The maximum absolute atomic E-state index is 3.35. The number of nitrogens with one attached hydrogen (secondary N) is 1. The topological polar surface area (TPSA) is 12.0 Å². The molecular formula is C15H19NS. The van der Waals surface area contributed by atoms with E-state index in [9.17, 15) is 0 Å². The minimum absolute atomic E-state index is 0.768. The van der Waals surface area contributed by atoms with Crippen LogP contribution in [0.15, 0.2) is 29.6 Å². The van der Waals surface area contributed by atoms with E-state index in [1.807, 2.05) is 11.3 Å². The minimum atomic E-state index is 0.768. The first-order valence-corrected chi connectivity index (χ1v) is 7.39. The van der Waals surface area contributed by atoms with E-state index in [4.69, 9.17) is 0 Å². The largest absolute Gasteiger partial charge is 0.319 e. The fourth-order valence-electron chi connectivity index (χ4n) is 3.26. The molecule has 0 amide bonds. The van der Waals surface area contributed by atoms with Crippen molar-refractivity contribution in [1.82, 2.24) is 5.32 Å². The summed E-state index contributed by atoms with van der Waals surface area (Å²) in [4.78, 5) is 0. The number of fused-ring (bicyclic) bond motifs is 1. The molecule has 2 aromatic rings. The first kappa shape index (κ1) is 11.2. The molecule has 1 aromatic heterocycles. The highest BCUT2D eigenvalue weighted by molar-refractivity contribution is 7.17. The molecule has 1 fully saturated rings. The molecule has 90 valence electrons. The van der Waals surface area contributed by atoms with E-state index in [2.05, 4.69) is 42.0 Å². The van der Waals surface area contributed by atoms with Gasteiger partial charge in [-0.15, -0.1) is 11.3 Å². The number of benzene rings is 1. The zero-order valence-electron chi connectivity index (χ0n) is 10.3. The second kappa shape index (κ2) is 4.79. The van der Waals surface area contributed by atoms with E-state index >= 15 is 0 Å². The normalized spacial score (nSPS) is 24.5. The molecule has 1 N–H and O–H groups in total. The van der Waals surface area contributed by atoms with Gasteiger partial charge in [-0.3, -0.25) is 0 Å². The minimum Gasteiger partial charge on any atom is -0.319 e. The zero-order valence-corrected chi connectivity index (χ0v) is 11.1. The second-order valence-electron chi connectivity index (χ2n) is 5.04. The average Bonchev–Trinajstić information content (AvgIpc) is 2.96. The van der Waals surface area contributed by atoms with Crippen molar-refractivity contribution < 1.29 is 0 Å². The fourth-order valence-corrected chi connectivity index (χ4v) is 4.24. The Kier molecular flexibility index (Phi) is 3.17. The van der Waals surface area contributed by atoms with E-state index in [1.54, 1.807) is 5.56 Å². The molecular weight excluding hydrogens is 226 g/mol. The van der Waals surface area contributed by atoms with Crippen molar-refractivity contribution in [2.75, 3.05) is 13.6 Å². The molecule has 0 radical (unpaired) electrons. The van der Waals surface area contributed by atoms with Gasteiger partial charge in [-0.25, -0.2) is 0 Å². The Hall–Kier alpha value is -0.860. The summed E-state index contributed by atoms with van der Waals surface area (Å²) in [5.41, 5.74) is 1.59. The van der Waals surface area contributed by atoms with Crippen molar-refractivity contribution in [3.05, 3.63) is 35.2 Å². The summed E-state index contributed by atoms with van der Waals surface area (Å²) in [6.45, 7) is 1.16. The summed E-state index contributed by atoms with van der Waals surface area (Å²) >= 11 is 1.90. The third-order valence-electron chi connectivity index (χ3n) is 4.03. The molecule has 0 saturated heterocycles. The Morgan fingerprint density at radius 3 is 3.12 bits per heavy atom. The molecule has 2 atom stereocenters. The van der Waals surface area contributed by atoms with Crippen molar-refractivity contribution in [2.24, 2.45) is 5.92 Å². The predicted molar refractivity (Wildman–Crippen MR) is 75.8 cm³/mol. The summed E-state index contributed by atoms with van der Waals surface area (Å²) in [5, 5.41) is 6.99. The SMILES string of the molecule is CNCC1CCCC1c1cccc2ccsc12. The van der Waals surface area contributed by atoms with Crippen LogP contribution in [0.1, 0.15) is 30.7 Å². The Bertz CT molecular complexity index is 502. The lowest BCUT2D eigenvalue weighted by atomic mass is 9.88. The number of thiophene rings is 1. The molecule has 1 aromatic carbocycles. The van der Waals surface area contributed by atoms with Crippen LogP contribution in [0.2, 0.25) is 0 Å². The van der Waals surface area contributed by atoms with Gasteiger partial charge in [0.05, 0.1) is 0 Å². The Morgan fingerprint density at radius 1 is 1.29 bits per heavy atom. The molecule has 0 bridgehead atoms. The number of hydrogen-bond donors (Lipinski definition) is 1. The van der Waals surface area contributed by atoms with Gasteiger partial charge in [-0.2, -0.15) is 0 Å². The van der Waals surface area contributed by atoms with Gasteiger partial charge in [0, 0.05) is 4.70 Å². The van der Waals surface area contributed by atoms with Gasteiger partial charge in [-0.05, 0) is 60.7 Å². The van der Waals surface area contributed by atoms with Crippen LogP contribution in [0.5, 0.6) is 0 Å². The van der Waals surface area contributed by atoms with Gasteiger partial charge < -0.3 is 5.32 Å². The van der Waals surface area contributed by atoms with Gasteiger partial charge >= 0.3 is 0 Å². The van der Waals surface area contributed by atoms with E-state index in [-0.39, 0.29) is 0 Å². The lowest BCUT2D eigenvalue weighted by Crippen LogP contribution is -2.20. The molecule has 0 spiro atoms. The second-order valence-corrected chi connectivity index (χ2v) is 5.96.